The first kappa shape index (κ1) is 21.4. The van der Waals surface area contributed by atoms with Gasteiger partial charge in [0, 0.05) is 37.5 Å². The zero-order valence-electron chi connectivity index (χ0n) is 17.7. The smallest absolute Gasteiger partial charge is 0.164 e. The Morgan fingerprint density at radius 1 is 1.13 bits per heavy atom. The molecule has 1 aliphatic heterocycles. The van der Waals surface area contributed by atoms with E-state index >= 15 is 0 Å². The first-order valence-electron chi connectivity index (χ1n) is 10.4. The van der Waals surface area contributed by atoms with Crippen molar-refractivity contribution in [2.45, 2.75) is 20.0 Å². The van der Waals surface area contributed by atoms with Gasteiger partial charge in [-0.3, -0.25) is 0 Å². The fourth-order valence-corrected chi connectivity index (χ4v) is 3.52. The third-order valence-electron chi connectivity index (χ3n) is 5.06. The van der Waals surface area contributed by atoms with Gasteiger partial charge in [0.15, 0.2) is 11.6 Å². The average molecular weight is 427 g/mol. The molecule has 3 heterocycles. The number of anilines is 1. The summed E-state index contributed by atoms with van der Waals surface area (Å²) in [6.45, 7) is 6.64. The lowest BCUT2D eigenvalue weighted by atomic mass is 10.1. The van der Waals surface area contributed by atoms with Crippen LogP contribution in [0, 0.1) is 6.92 Å². The van der Waals surface area contributed by atoms with Crippen LogP contribution in [0.25, 0.3) is 17.1 Å². The highest BCUT2D eigenvalue weighted by atomic mass is 19.3. The van der Waals surface area contributed by atoms with Gasteiger partial charge in [-0.15, -0.1) is 0 Å². The normalized spacial score (nSPS) is 15.3. The lowest BCUT2D eigenvalue weighted by molar-refractivity contribution is -0.168. The van der Waals surface area contributed by atoms with Gasteiger partial charge in [0.1, 0.15) is 18.5 Å². The number of rotatable bonds is 8. The van der Waals surface area contributed by atoms with Crippen molar-refractivity contribution in [3.8, 4) is 17.1 Å². The van der Waals surface area contributed by atoms with Crippen LogP contribution in [0.5, 0.6) is 0 Å². The van der Waals surface area contributed by atoms with E-state index in [0.29, 0.717) is 44.6 Å². The monoisotopic (exact) mass is 427 g/mol. The molecule has 0 bridgehead atoms. The average Bonchev–Trinajstić information content (AvgIpc) is 3.30. The van der Waals surface area contributed by atoms with Gasteiger partial charge in [0.25, 0.3) is 0 Å². The van der Waals surface area contributed by atoms with Crippen molar-refractivity contribution in [1.29, 1.82) is 0 Å². The summed E-state index contributed by atoms with van der Waals surface area (Å²) in [6.07, 6.45) is 1.13. The van der Waals surface area contributed by atoms with E-state index < -0.39 is 6.10 Å². The molecule has 2 aromatic heterocycles. The molecule has 4 rings (SSSR count). The lowest BCUT2D eigenvalue weighted by Crippen LogP contribution is -2.37. The summed E-state index contributed by atoms with van der Waals surface area (Å²) in [5.41, 5.74) is 3.03. The van der Waals surface area contributed by atoms with E-state index in [2.05, 4.69) is 25.9 Å². The van der Waals surface area contributed by atoms with Crippen LogP contribution in [0.15, 0.2) is 42.6 Å². The van der Waals surface area contributed by atoms with E-state index in [-0.39, 0.29) is 6.61 Å². The second kappa shape index (κ2) is 9.95. The summed E-state index contributed by atoms with van der Waals surface area (Å²) in [5.74, 6) is 1.65. The molecule has 8 nitrogen and oxygen atoms in total. The summed E-state index contributed by atoms with van der Waals surface area (Å²) in [5, 5.41) is 4.71. The SMILES string of the molecule is CCO[C@@H](COF)c1nc(N2CCOCC2)cc(-n2ccc(-c3cccc(C)c3)n2)n1. The summed E-state index contributed by atoms with van der Waals surface area (Å²) in [7, 11) is 0. The Balaban J connectivity index is 1.73. The molecule has 164 valence electrons. The Morgan fingerprint density at radius 3 is 2.68 bits per heavy atom. The van der Waals surface area contributed by atoms with Crippen molar-refractivity contribution in [3.05, 3.63) is 54.0 Å². The summed E-state index contributed by atoms with van der Waals surface area (Å²) >= 11 is 0. The van der Waals surface area contributed by atoms with E-state index in [9.17, 15) is 4.53 Å². The molecule has 1 aliphatic rings. The molecular formula is C22H26FN5O3. The Labute approximate surface area is 180 Å². The predicted octanol–water partition coefficient (Wildman–Crippen LogP) is 3.45. The lowest BCUT2D eigenvalue weighted by Gasteiger charge is -2.28. The minimum atomic E-state index is -0.721. The molecule has 31 heavy (non-hydrogen) atoms. The van der Waals surface area contributed by atoms with Gasteiger partial charge in [-0.25, -0.2) is 14.6 Å². The van der Waals surface area contributed by atoms with Crippen LogP contribution < -0.4 is 4.90 Å². The zero-order chi connectivity index (χ0) is 21.6. The van der Waals surface area contributed by atoms with E-state index in [4.69, 9.17) is 14.6 Å². The molecule has 1 atom stereocenters. The van der Waals surface area contributed by atoms with Gasteiger partial charge in [-0.2, -0.15) is 10.0 Å². The van der Waals surface area contributed by atoms with Crippen molar-refractivity contribution < 1.29 is 18.9 Å². The Morgan fingerprint density at radius 2 is 1.94 bits per heavy atom. The van der Waals surface area contributed by atoms with Crippen molar-refractivity contribution in [2.75, 3.05) is 44.4 Å². The fourth-order valence-electron chi connectivity index (χ4n) is 3.52. The molecule has 1 fully saturated rings. The highest BCUT2D eigenvalue weighted by Gasteiger charge is 2.22. The Bertz CT molecular complexity index is 1000. The minimum absolute atomic E-state index is 0.284. The van der Waals surface area contributed by atoms with Crippen molar-refractivity contribution >= 4 is 5.82 Å². The first-order chi connectivity index (χ1) is 15.2. The number of aryl methyl sites for hydroxylation is 1. The molecule has 0 N–H and O–H groups in total. The predicted molar refractivity (Wildman–Crippen MR) is 114 cm³/mol. The quantitative estimate of drug-likeness (QED) is 0.545. The van der Waals surface area contributed by atoms with Crippen LogP contribution in [0.1, 0.15) is 24.4 Å². The number of aromatic nitrogens is 4. The van der Waals surface area contributed by atoms with E-state index in [1.54, 1.807) is 4.68 Å². The number of hydrogen-bond donors (Lipinski definition) is 0. The fraction of sp³-hybridized carbons (Fsp3) is 0.409. The van der Waals surface area contributed by atoms with Crippen molar-refractivity contribution in [2.24, 2.45) is 0 Å². The molecule has 9 heteroatoms. The second-order valence-electron chi connectivity index (χ2n) is 7.28. The molecule has 0 unspecified atom stereocenters. The van der Waals surface area contributed by atoms with Crippen molar-refractivity contribution in [1.82, 2.24) is 19.7 Å². The van der Waals surface area contributed by atoms with Crippen LogP contribution in [-0.4, -0.2) is 59.3 Å². The van der Waals surface area contributed by atoms with Crippen LogP contribution in [0.2, 0.25) is 0 Å². The Kier molecular flexibility index (Phi) is 6.86. The standard InChI is InChI=1S/C22H26FN5O3/c1-3-30-19(15-31-23)22-24-20(27-9-11-29-12-10-27)14-21(25-22)28-8-7-18(26-28)17-6-4-5-16(2)13-17/h4-8,13-14,19H,3,9-12,15H2,1-2H3/t19-/m0/s1. The highest BCUT2D eigenvalue weighted by molar-refractivity contribution is 5.60. The van der Waals surface area contributed by atoms with Gasteiger partial charge in [-0.05, 0) is 30.5 Å². The van der Waals surface area contributed by atoms with Gasteiger partial charge in [-0.1, -0.05) is 23.8 Å². The molecule has 0 aliphatic carbocycles. The summed E-state index contributed by atoms with van der Waals surface area (Å²) in [6, 6.07) is 12.0. The molecular weight excluding hydrogens is 401 g/mol. The summed E-state index contributed by atoms with van der Waals surface area (Å²) < 4.78 is 25.5. The van der Waals surface area contributed by atoms with Gasteiger partial charge in [0.2, 0.25) is 0 Å². The van der Waals surface area contributed by atoms with Crippen LogP contribution >= 0.6 is 0 Å². The van der Waals surface area contributed by atoms with Gasteiger partial charge < -0.3 is 14.4 Å². The van der Waals surface area contributed by atoms with Crippen LogP contribution in [0.4, 0.5) is 10.3 Å². The number of morpholine rings is 1. The molecule has 0 spiro atoms. The number of halogens is 1. The number of hydrogen-bond acceptors (Lipinski definition) is 7. The summed E-state index contributed by atoms with van der Waals surface area (Å²) in [4.78, 5) is 15.2. The van der Waals surface area contributed by atoms with Crippen molar-refractivity contribution in [3.63, 3.8) is 0 Å². The maximum atomic E-state index is 12.7. The third-order valence-corrected chi connectivity index (χ3v) is 5.06. The number of nitrogens with zero attached hydrogens (tertiary/aromatic N) is 5. The molecule has 1 saturated heterocycles. The van der Waals surface area contributed by atoms with E-state index in [1.807, 2.05) is 50.4 Å². The zero-order valence-corrected chi connectivity index (χ0v) is 17.7. The minimum Gasteiger partial charge on any atom is -0.378 e. The largest absolute Gasteiger partial charge is 0.378 e. The first-order valence-corrected chi connectivity index (χ1v) is 10.4. The maximum absolute atomic E-state index is 12.7. The van der Waals surface area contributed by atoms with Gasteiger partial charge in [0.05, 0.1) is 18.9 Å². The number of benzene rings is 1. The highest BCUT2D eigenvalue weighted by Crippen LogP contribution is 2.24. The maximum Gasteiger partial charge on any atom is 0.164 e. The van der Waals surface area contributed by atoms with E-state index in [0.717, 1.165) is 22.6 Å². The van der Waals surface area contributed by atoms with Gasteiger partial charge >= 0.3 is 0 Å². The van der Waals surface area contributed by atoms with Crippen LogP contribution in [-0.2, 0) is 14.4 Å². The molecule has 0 saturated carbocycles. The topological polar surface area (TPSA) is 74.5 Å². The second-order valence-corrected chi connectivity index (χ2v) is 7.28. The molecule has 3 aromatic rings. The third kappa shape index (κ3) is 5.07. The number of ether oxygens (including phenoxy) is 2. The van der Waals surface area contributed by atoms with Crippen LogP contribution in [0.3, 0.4) is 0 Å². The molecule has 1 aromatic carbocycles. The van der Waals surface area contributed by atoms with E-state index in [1.165, 1.54) is 0 Å². The molecule has 0 radical (unpaired) electrons. The Hall–Kier alpha value is -2.88. The molecule has 0 amide bonds.